The quantitative estimate of drug-likeness (QED) is 0.620. The van der Waals surface area contributed by atoms with E-state index in [0.29, 0.717) is 36.2 Å². The van der Waals surface area contributed by atoms with Crippen LogP contribution in [0.2, 0.25) is 0 Å². The second-order valence-corrected chi connectivity index (χ2v) is 7.97. The predicted octanol–water partition coefficient (Wildman–Crippen LogP) is 1.92. The summed E-state index contributed by atoms with van der Waals surface area (Å²) < 4.78 is 12.5. The summed E-state index contributed by atoms with van der Waals surface area (Å²) in [6.07, 6.45) is 5.24. The van der Waals surface area contributed by atoms with Crippen LogP contribution in [0.15, 0.2) is 50.7 Å². The van der Waals surface area contributed by atoms with E-state index in [1.165, 1.54) is 13.4 Å². The number of methoxy groups -OCH3 is 1. The normalized spacial score (nSPS) is 15.4. The zero-order valence-electron chi connectivity index (χ0n) is 18.0. The van der Waals surface area contributed by atoms with Crippen molar-refractivity contribution in [3.63, 3.8) is 0 Å². The number of nitrogens with zero attached hydrogens (tertiary/aromatic N) is 3. The Labute approximate surface area is 180 Å². The summed E-state index contributed by atoms with van der Waals surface area (Å²) in [4.78, 5) is 31.2. The molecule has 1 aliphatic rings. The molecule has 0 saturated carbocycles. The predicted molar refractivity (Wildman–Crippen MR) is 119 cm³/mol. The van der Waals surface area contributed by atoms with Crippen LogP contribution in [0, 0.1) is 6.92 Å². The van der Waals surface area contributed by atoms with E-state index in [2.05, 4.69) is 15.2 Å². The monoisotopic (exact) mass is 424 g/mol. The highest BCUT2D eigenvalue weighted by molar-refractivity contribution is 5.75. The second kappa shape index (κ2) is 9.45. The number of rotatable bonds is 7. The minimum absolute atomic E-state index is 0.00776. The molecule has 3 aromatic heterocycles. The third-order valence-electron chi connectivity index (χ3n) is 5.91. The van der Waals surface area contributed by atoms with Gasteiger partial charge < -0.3 is 23.9 Å². The van der Waals surface area contributed by atoms with Crippen molar-refractivity contribution >= 4 is 11.0 Å². The SMILES string of the molecule is COc1cc2ncccc2n(CCN2CCC(NCc3cc(=O)c(C)co3)CC2)c1=O. The number of fused-ring (bicyclic) bond motifs is 1. The molecule has 1 aliphatic heterocycles. The maximum atomic E-state index is 12.8. The van der Waals surface area contributed by atoms with Gasteiger partial charge in [-0.3, -0.25) is 14.6 Å². The van der Waals surface area contributed by atoms with Crippen molar-refractivity contribution in [2.45, 2.75) is 38.9 Å². The first kappa shape index (κ1) is 21.3. The van der Waals surface area contributed by atoms with Crippen LogP contribution in [0.5, 0.6) is 5.75 Å². The second-order valence-electron chi connectivity index (χ2n) is 7.97. The van der Waals surface area contributed by atoms with Crippen LogP contribution in [-0.2, 0) is 13.1 Å². The average Bonchev–Trinajstić information content (AvgIpc) is 2.79. The van der Waals surface area contributed by atoms with Crippen LogP contribution in [0.25, 0.3) is 11.0 Å². The lowest BCUT2D eigenvalue weighted by Gasteiger charge is -2.32. The van der Waals surface area contributed by atoms with E-state index in [0.717, 1.165) is 43.5 Å². The molecule has 4 rings (SSSR count). The summed E-state index contributed by atoms with van der Waals surface area (Å²) in [6.45, 7) is 5.58. The number of aromatic nitrogens is 2. The Balaban J connectivity index is 1.32. The van der Waals surface area contributed by atoms with Crippen molar-refractivity contribution in [3.05, 3.63) is 68.6 Å². The molecular weight excluding hydrogens is 396 g/mol. The van der Waals surface area contributed by atoms with Crippen LogP contribution in [0.3, 0.4) is 0 Å². The van der Waals surface area contributed by atoms with Gasteiger partial charge in [0.25, 0.3) is 5.56 Å². The Bertz CT molecular complexity index is 1160. The fraction of sp³-hybridized carbons (Fsp3) is 0.435. The van der Waals surface area contributed by atoms with Crippen LogP contribution in [0.4, 0.5) is 0 Å². The number of aryl methyl sites for hydroxylation is 1. The van der Waals surface area contributed by atoms with Gasteiger partial charge in [0.1, 0.15) is 5.76 Å². The molecule has 31 heavy (non-hydrogen) atoms. The Morgan fingerprint density at radius 3 is 2.77 bits per heavy atom. The smallest absolute Gasteiger partial charge is 0.293 e. The van der Waals surface area contributed by atoms with E-state index in [1.54, 1.807) is 29.8 Å². The largest absolute Gasteiger partial charge is 0.491 e. The van der Waals surface area contributed by atoms with E-state index in [-0.39, 0.29) is 11.0 Å². The molecule has 0 aromatic carbocycles. The van der Waals surface area contributed by atoms with Gasteiger partial charge in [0, 0.05) is 43.0 Å². The summed E-state index contributed by atoms with van der Waals surface area (Å²) >= 11 is 0. The van der Waals surface area contributed by atoms with E-state index in [1.807, 2.05) is 12.1 Å². The van der Waals surface area contributed by atoms with Gasteiger partial charge in [-0.05, 0) is 45.0 Å². The topological polar surface area (TPSA) is 89.6 Å². The number of hydrogen-bond acceptors (Lipinski definition) is 7. The van der Waals surface area contributed by atoms with Crippen molar-refractivity contribution in [3.8, 4) is 5.75 Å². The first-order valence-electron chi connectivity index (χ1n) is 10.6. The van der Waals surface area contributed by atoms with Crippen molar-refractivity contribution in [1.82, 2.24) is 19.8 Å². The van der Waals surface area contributed by atoms with Gasteiger partial charge in [-0.2, -0.15) is 0 Å². The molecule has 0 aliphatic carbocycles. The number of likely N-dealkylation sites (tertiary alicyclic amines) is 1. The maximum Gasteiger partial charge on any atom is 0.293 e. The molecule has 8 heteroatoms. The fourth-order valence-electron chi connectivity index (χ4n) is 4.00. The Kier molecular flexibility index (Phi) is 6.48. The lowest BCUT2D eigenvalue weighted by atomic mass is 10.0. The molecular formula is C23H28N4O4. The van der Waals surface area contributed by atoms with E-state index in [4.69, 9.17) is 9.15 Å². The number of ether oxygens (including phenoxy) is 1. The van der Waals surface area contributed by atoms with E-state index in [9.17, 15) is 9.59 Å². The molecule has 0 amide bonds. The average molecular weight is 425 g/mol. The van der Waals surface area contributed by atoms with Crippen molar-refractivity contribution in [2.24, 2.45) is 0 Å². The van der Waals surface area contributed by atoms with E-state index < -0.39 is 0 Å². The summed E-state index contributed by atoms with van der Waals surface area (Å²) in [5.74, 6) is 0.979. The Morgan fingerprint density at radius 2 is 2.03 bits per heavy atom. The zero-order valence-corrected chi connectivity index (χ0v) is 18.0. The molecule has 1 saturated heterocycles. The Hall–Kier alpha value is -2.97. The zero-order chi connectivity index (χ0) is 21.8. The molecule has 0 radical (unpaired) electrons. The molecule has 0 unspecified atom stereocenters. The van der Waals surface area contributed by atoms with Gasteiger partial charge in [-0.15, -0.1) is 0 Å². The van der Waals surface area contributed by atoms with Crippen molar-refractivity contribution in [1.29, 1.82) is 0 Å². The lowest BCUT2D eigenvalue weighted by Crippen LogP contribution is -2.43. The third kappa shape index (κ3) is 4.86. The van der Waals surface area contributed by atoms with Gasteiger partial charge in [-0.25, -0.2) is 0 Å². The van der Waals surface area contributed by atoms with Crippen LogP contribution in [0.1, 0.15) is 24.2 Å². The first-order valence-corrected chi connectivity index (χ1v) is 10.6. The van der Waals surface area contributed by atoms with Gasteiger partial charge in [-0.1, -0.05) is 0 Å². The van der Waals surface area contributed by atoms with Gasteiger partial charge >= 0.3 is 0 Å². The molecule has 1 N–H and O–H groups in total. The third-order valence-corrected chi connectivity index (χ3v) is 5.91. The number of piperidine rings is 1. The number of nitrogens with one attached hydrogen (secondary N) is 1. The molecule has 8 nitrogen and oxygen atoms in total. The number of pyridine rings is 2. The minimum Gasteiger partial charge on any atom is -0.491 e. The van der Waals surface area contributed by atoms with Gasteiger partial charge in [0.05, 0.1) is 31.0 Å². The standard InChI is InChI=1S/C23H28N4O4/c1-16-15-31-18(12-21(16)28)14-25-17-5-8-26(9-6-17)10-11-27-20-4-3-7-24-19(20)13-22(30-2)23(27)29/h3-4,7,12-13,15,17,25H,5-6,8-11,14H2,1-2H3. The van der Waals surface area contributed by atoms with E-state index >= 15 is 0 Å². The van der Waals surface area contributed by atoms with Crippen LogP contribution in [-0.4, -0.2) is 47.2 Å². The molecule has 0 atom stereocenters. The molecule has 3 aromatic rings. The highest BCUT2D eigenvalue weighted by Gasteiger charge is 2.20. The van der Waals surface area contributed by atoms with Crippen molar-refractivity contribution in [2.75, 3.05) is 26.7 Å². The molecule has 164 valence electrons. The van der Waals surface area contributed by atoms with Crippen LogP contribution < -0.4 is 21.0 Å². The maximum absolute atomic E-state index is 12.8. The highest BCUT2D eigenvalue weighted by Crippen LogP contribution is 2.16. The molecule has 0 bridgehead atoms. The van der Waals surface area contributed by atoms with Crippen molar-refractivity contribution < 1.29 is 9.15 Å². The van der Waals surface area contributed by atoms with Crippen LogP contribution >= 0.6 is 0 Å². The van der Waals surface area contributed by atoms with Gasteiger partial charge in [0.15, 0.2) is 11.2 Å². The van der Waals surface area contributed by atoms with Gasteiger partial charge in [0.2, 0.25) is 0 Å². The number of hydrogen-bond donors (Lipinski definition) is 1. The fourth-order valence-corrected chi connectivity index (χ4v) is 4.00. The Morgan fingerprint density at radius 1 is 1.23 bits per heavy atom. The lowest BCUT2D eigenvalue weighted by molar-refractivity contribution is 0.189. The summed E-state index contributed by atoms with van der Waals surface area (Å²) in [7, 11) is 1.51. The summed E-state index contributed by atoms with van der Waals surface area (Å²) in [5.41, 5.74) is 2.08. The minimum atomic E-state index is -0.126. The molecule has 4 heterocycles. The molecule has 1 fully saturated rings. The summed E-state index contributed by atoms with van der Waals surface area (Å²) in [6, 6.07) is 7.40. The highest BCUT2D eigenvalue weighted by atomic mass is 16.5. The summed E-state index contributed by atoms with van der Waals surface area (Å²) in [5, 5.41) is 3.49. The molecule has 0 spiro atoms. The first-order chi connectivity index (χ1) is 15.0.